The molecule has 0 aliphatic heterocycles. The summed E-state index contributed by atoms with van der Waals surface area (Å²) < 4.78 is 5.11. The molecule has 0 aliphatic carbocycles. The smallest absolute Gasteiger partial charge is 0.403 e. The molecule has 152 valence electrons. The first kappa shape index (κ1) is 22.5. The first-order valence-electron chi connectivity index (χ1n) is 8.22. The van der Waals surface area contributed by atoms with Gasteiger partial charge in [0.25, 0.3) is 5.69 Å². The summed E-state index contributed by atoms with van der Waals surface area (Å²) in [7, 11) is 0. The second-order valence-electron chi connectivity index (χ2n) is 6.04. The second-order valence-corrected chi connectivity index (χ2v) is 6.04. The van der Waals surface area contributed by atoms with Gasteiger partial charge in [-0.1, -0.05) is 19.1 Å². The molecule has 0 radical (unpaired) electrons. The molecule has 1 aromatic rings. The van der Waals surface area contributed by atoms with Crippen LogP contribution < -0.4 is 0 Å². The van der Waals surface area contributed by atoms with Gasteiger partial charge >= 0.3 is 17.7 Å². The zero-order valence-corrected chi connectivity index (χ0v) is 15.4. The van der Waals surface area contributed by atoms with Gasteiger partial charge in [-0.2, -0.15) is 0 Å². The average Bonchev–Trinajstić information content (AvgIpc) is 2.59. The average molecular weight is 396 g/mol. The third-order valence-corrected chi connectivity index (χ3v) is 4.08. The number of aliphatic carboxylic acids is 1. The lowest BCUT2D eigenvalue weighted by Gasteiger charge is -2.23. The third-order valence-electron chi connectivity index (χ3n) is 4.08. The fourth-order valence-electron chi connectivity index (χ4n) is 2.57. The van der Waals surface area contributed by atoms with E-state index in [0.29, 0.717) is 6.42 Å². The highest BCUT2D eigenvalue weighted by Gasteiger charge is 2.46. The fourth-order valence-corrected chi connectivity index (χ4v) is 2.57. The van der Waals surface area contributed by atoms with Crippen LogP contribution in [0.2, 0.25) is 0 Å². The number of carboxylic acids is 1. The van der Waals surface area contributed by atoms with Crippen molar-refractivity contribution in [2.45, 2.75) is 39.2 Å². The zero-order valence-electron chi connectivity index (χ0n) is 15.4. The predicted molar refractivity (Wildman–Crippen MR) is 93.9 cm³/mol. The summed E-state index contributed by atoms with van der Waals surface area (Å²) in [6, 6.07) is 4.43. The Bertz CT molecular complexity index is 815. The number of rotatable bonds is 9. The van der Waals surface area contributed by atoms with Gasteiger partial charge in [0.1, 0.15) is 17.6 Å². The van der Waals surface area contributed by atoms with Crippen LogP contribution in [0.5, 0.6) is 0 Å². The molecule has 0 fully saturated rings. The van der Waals surface area contributed by atoms with E-state index in [-0.39, 0.29) is 5.56 Å². The minimum atomic E-state index is -1.91. The quantitative estimate of drug-likeness (QED) is 0.120. The van der Waals surface area contributed by atoms with Gasteiger partial charge in [0, 0.05) is 17.0 Å². The number of Topliss-reactive ketones (excluding diaryl/α,β-unsaturated/α-hetero) is 1. The maximum Gasteiger partial charge on any atom is 0.403 e. The van der Waals surface area contributed by atoms with Crippen molar-refractivity contribution < 1.29 is 39.3 Å². The molecule has 2 N–H and O–H groups in total. The topological polar surface area (TPSA) is 170 Å². The zero-order chi connectivity index (χ0) is 21.6. The van der Waals surface area contributed by atoms with Crippen LogP contribution >= 0.6 is 0 Å². The maximum atomic E-state index is 12.6. The number of nitro benzene ring substituents is 1. The Morgan fingerprint density at radius 1 is 1.25 bits per heavy atom. The Morgan fingerprint density at radius 2 is 1.86 bits per heavy atom. The van der Waals surface area contributed by atoms with E-state index in [9.17, 15) is 40.0 Å². The van der Waals surface area contributed by atoms with Gasteiger partial charge in [0.15, 0.2) is 0 Å². The number of hydrogen-bond acceptors (Lipinski definition) is 8. The van der Waals surface area contributed by atoms with Gasteiger partial charge in [0.05, 0.1) is 11.0 Å². The van der Waals surface area contributed by atoms with E-state index in [2.05, 4.69) is 0 Å². The van der Waals surface area contributed by atoms with Gasteiger partial charge in [-0.15, -0.1) is 0 Å². The van der Waals surface area contributed by atoms with Gasteiger partial charge in [-0.25, -0.2) is 4.79 Å². The summed E-state index contributed by atoms with van der Waals surface area (Å²) >= 11 is 0. The number of nitro groups is 1. The van der Waals surface area contributed by atoms with E-state index in [1.165, 1.54) is 12.1 Å². The molecule has 0 saturated heterocycles. The van der Waals surface area contributed by atoms with Crippen LogP contribution in [0.15, 0.2) is 24.3 Å². The standard InChI is InChI=1S/C17H20N2O9/c1-4-9(2)28-17(23)13(10(3)20)14(15(16(21)22)19(26)27)11-6-5-7-12(8-11)18(24)25/h5-9,13-14H,4H2,1-3H3,(H,21,22)(H,26,27). The monoisotopic (exact) mass is 396 g/mol. The molecule has 0 aromatic heterocycles. The summed E-state index contributed by atoms with van der Waals surface area (Å²) in [6.07, 6.45) is -0.202. The third kappa shape index (κ3) is 5.25. The molecule has 0 heterocycles. The molecule has 0 amide bonds. The maximum absolute atomic E-state index is 12.6. The molecule has 11 heteroatoms. The van der Waals surface area contributed by atoms with Crippen molar-refractivity contribution in [2.24, 2.45) is 5.92 Å². The molecule has 11 nitrogen and oxygen atoms in total. The van der Waals surface area contributed by atoms with Crippen LogP contribution in [0, 0.1) is 21.2 Å². The first-order chi connectivity index (χ1) is 13.0. The summed E-state index contributed by atoms with van der Waals surface area (Å²) in [5, 5.41) is 41.2. The highest BCUT2D eigenvalue weighted by atomic mass is 16.8. The number of non-ortho nitro benzene ring substituents is 1. The summed E-state index contributed by atoms with van der Waals surface area (Å²) in [5.41, 5.74) is -1.90. The van der Waals surface area contributed by atoms with E-state index < -0.39 is 56.9 Å². The molecule has 0 saturated carbocycles. The lowest BCUT2D eigenvalue weighted by Crippen LogP contribution is -2.41. The molecule has 3 atom stereocenters. The number of carboxylic acid groups (broad SMARTS) is 1. The number of ether oxygens (including phenoxy) is 1. The summed E-state index contributed by atoms with van der Waals surface area (Å²) in [4.78, 5) is 45.6. The molecule has 1 rings (SSSR count). The fraction of sp³-hybridized carbons (Fsp3) is 0.412. The van der Waals surface area contributed by atoms with Crippen LogP contribution in [0.4, 0.5) is 5.69 Å². The van der Waals surface area contributed by atoms with Gasteiger partial charge in [-0.3, -0.25) is 24.9 Å². The van der Waals surface area contributed by atoms with Crippen molar-refractivity contribution in [3.63, 3.8) is 0 Å². The van der Waals surface area contributed by atoms with E-state index in [0.717, 1.165) is 19.1 Å². The Kier molecular flexibility index (Phi) is 7.60. The molecular weight excluding hydrogens is 376 g/mol. The molecule has 28 heavy (non-hydrogen) atoms. The van der Waals surface area contributed by atoms with Crippen LogP contribution in [0.3, 0.4) is 0 Å². The molecule has 0 aliphatic rings. The van der Waals surface area contributed by atoms with Crippen molar-refractivity contribution in [1.82, 2.24) is 0 Å². The number of carbonyl (C=O) groups excluding carboxylic acids is 2. The van der Waals surface area contributed by atoms with Gasteiger partial charge in [0.2, 0.25) is 0 Å². The first-order valence-corrected chi connectivity index (χ1v) is 8.22. The molecule has 3 unspecified atom stereocenters. The Morgan fingerprint density at radius 3 is 2.29 bits per heavy atom. The van der Waals surface area contributed by atoms with E-state index in [4.69, 9.17) is 4.74 Å². The minimum absolute atomic E-state index is 0.192. The summed E-state index contributed by atoms with van der Waals surface area (Å²) in [6.45, 7) is 4.24. The largest absolute Gasteiger partial charge is 0.473 e. The van der Waals surface area contributed by atoms with Crippen LogP contribution in [0.25, 0.3) is 0 Å². The normalized spacial score (nSPS) is 15.0. The van der Waals surface area contributed by atoms with Crippen LogP contribution in [-0.2, 0) is 19.1 Å². The highest BCUT2D eigenvalue weighted by Crippen LogP contribution is 2.31. The number of carbonyl (C=O) groups is 3. The van der Waals surface area contributed by atoms with Crippen molar-refractivity contribution in [2.75, 3.05) is 0 Å². The number of ketones is 1. The van der Waals surface area contributed by atoms with Crippen molar-refractivity contribution in [3.8, 4) is 0 Å². The molecular formula is C17H20N2O9. The minimum Gasteiger partial charge on any atom is -0.473 e. The lowest BCUT2D eigenvalue weighted by atomic mass is 9.80. The summed E-state index contributed by atoms with van der Waals surface area (Å²) in [5.74, 6) is -7.49. The van der Waals surface area contributed by atoms with Crippen molar-refractivity contribution >= 4 is 29.1 Å². The Balaban J connectivity index is 3.69. The van der Waals surface area contributed by atoms with E-state index in [1.54, 1.807) is 13.8 Å². The van der Waals surface area contributed by atoms with Crippen LogP contribution in [0.1, 0.15) is 38.7 Å². The predicted octanol–water partition coefficient (Wildman–Crippen LogP) is 1.65. The number of hydrogen-bond donors (Lipinski definition) is 2. The van der Waals surface area contributed by atoms with E-state index in [1.807, 2.05) is 0 Å². The van der Waals surface area contributed by atoms with Crippen molar-refractivity contribution in [3.05, 3.63) is 45.2 Å². The Hall–Kier alpha value is -3.50. The van der Waals surface area contributed by atoms with Gasteiger partial charge < -0.3 is 15.1 Å². The Labute approximate surface area is 159 Å². The SMILES string of the molecule is CCC(C)OC(=O)C(C(C)=O)C(C(C(=O)O)=[N+]([O-])O)c1cccc([N+](=O)[O-])c1. The lowest BCUT2D eigenvalue weighted by molar-refractivity contribution is -0.726. The second kappa shape index (κ2) is 9.44. The highest BCUT2D eigenvalue weighted by molar-refractivity contribution is 6.36. The number of nitrogens with zero attached hydrogens (tertiary/aromatic N) is 2. The molecule has 1 aromatic carbocycles. The number of esters is 1. The molecule has 0 spiro atoms. The van der Waals surface area contributed by atoms with Crippen molar-refractivity contribution in [1.29, 1.82) is 0 Å². The molecule has 0 bridgehead atoms. The number of benzene rings is 1. The van der Waals surface area contributed by atoms with E-state index >= 15 is 0 Å². The van der Waals surface area contributed by atoms with Crippen LogP contribution in [-0.4, -0.2) is 49.7 Å². The van der Waals surface area contributed by atoms with Gasteiger partial charge in [-0.05, 0) is 25.8 Å².